The number of aryl methyl sites for hydroxylation is 1. The number of halogens is 1. The highest BCUT2D eigenvalue weighted by atomic mass is 35.5. The van der Waals surface area contributed by atoms with E-state index in [0.717, 1.165) is 5.56 Å². The van der Waals surface area contributed by atoms with Crippen LogP contribution in [0.5, 0.6) is 0 Å². The molecule has 0 saturated heterocycles. The van der Waals surface area contributed by atoms with Gasteiger partial charge in [0.1, 0.15) is 0 Å². The molecule has 0 aliphatic heterocycles. The maximum atomic E-state index is 13.4. The first-order valence-electron chi connectivity index (χ1n) is 8.45. The Balaban J connectivity index is 2.09. The van der Waals surface area contributed by atoms with Crippen LogP contribution < -0.4 is 4.31 Å². The summed E-state index contributed by atoms with van der Waals surface area (Å²) in [5.74, 6) is -1.04. The molecule has 3 aromatic carbocycles. The maximum Gasteiger partial charge on any atom is 0.335 e. The first-order chi connectivity index (χ1) is 13.3. The van der Waals surface area contributed by atoms with Gasteiger partial charge in [0.15, 0.2) is 0 Å². The van der Waals surface area contributed by atoms with Gasteiger partial charge in [-0.25, -0.2) is 13.2 Å². The van der Waals surface area contributed by atoms with Crippen molar-refractivity contribution in [2.45, 2.75) is 18.4 Å². The molecule has 0 aliphatic rings. The summed E-state index contributed by atoms with van der Waals surface area (Å²) in [5.41, 5.74) is 2.02. The molecule has 0 atom stereocenters. The molecule has 0 bridgehead atoms. The second-order valence-electron chi connectivity index (χ2n) is 6.26. The molecular formula is C21H18ClNO4S. The van der Waals surface area contributed by atoms with Gasteiger partial charge in [-0.2, -0.15) is 0 Å². The van der Waals surface area contributed by atoms with Gasteiger partial charge in [0.05, 0.1) is 22.7 Å². The Morgan fingerprint density at radius 3 is 2.25 bits per heavy atom. The molecule has 0 fully saturated rings. The van der Waals surface area contributed by atoms with Gasteiger partial charge in [-0.1, -0.05) is 48.0 Å². The fourth-order valence-corrected chi connectivity index (χ4v) is 4.49. The van der Waals surface area contributed by atoms with Crippen LogP contribution in [0.4, 0.5) is 5.69 Å². The SMILES string of the molecule is Cc1ccc(Cl)cc1N(Cc1ccc(C(=O)O)cc1)S(=O)(=O)c1ccccc1. The predicted octanol–water partition coefficient (Wildman–Crippen LogP) is 4.74. The van der Waals surface area contributed by atoms with E-state index in [-0.39, 0.29) is 17.0 Å². The fourth-order valence-electron chi connectivity index (χ4n) is 2.79. The van der Waals surface area contributed by atoms with Crippen molar-refractivity contribution < 1.29 is 18.3 Å². The first-order valence-corrected chi connectivity index (χ1v) is 10.3. The van der Waals surface area contributed by atoms with Crippen molar-refractivity contribution in [3.05, 3.63) is 94.5 Å². The number of hydrogen-bond acceptors (Lipinski definition) is 3. The van der Waals surface area contributed by atoms with Crippen molar-refractivity contribution in [2.24, 2.45) is 0 Å². The van der Waals surface area contributed by atoms with Crippen LogP contribution in [0, 0.1) is 6.92 Å². The van der Waals surface area contributed by atoms with E-state index in [4.69, 9.17) is 16.7 Å². The van der Waals surface area contributed by atoms with Crippen LogP contribution in [-0.2, 0) is 16.6 Å². The average molecular weight is 416 g/mol. The van der Waals surface area contributed by atoms with Crippen LogP contribution in [0.3, 0.4) is 0 Å². The molecule has 0 spiro atoms. The number of hydrogen-bond donors (Lipinski definition) is 1. The number of carbonyl (C=O) groups is 1. The maximum absolute atomic E-state index is 13.4. The average Bonchev–Trinajstić information content (AvgIpc) is 2.69. The summed E-state index contributed by atoms with van der Waals surface area (Å²) in [7, 11) is -3.86. The third-order valence-electron chi connectivity index (χ3n) is 4.30. The Bertz CT molecular complexity index is 1100. The molecule has 0 saturated carbocycles. The zero-order valence-corrected chi connectivity index (χ0v) is 16.6. The number of sulfonamides is 1. The number of carboxylic acids is 1. The molecule has 0 unspecified atom stereocenters. The molecule has 1 N–H and O–H groups in total. The summed E-state index contributed by atoms with van der Waals surface area (Å²) < 4.78 is 28.0. The van der Waals surface area contributed by atoms with Gasteiger partial charge in [0.2, 0.25) is 0 Å². The number of aromatic carboxylic acids is 1. The highest BCUT2D eigenvalue weighted by Crippen LogP contribution is 2.31. The number of rotatable bonds is 6. The van der Waals surface area contributed by atoms with E-state index in [9.17, 15) is 13.2 Å². The van der Waals surface area contributed by atoms with Crippen LogP contribution in [0.15, 0.2) is 77.7 Å². The molecule has 3 aromatic rings. The molecule has 0 radical (unpaired) electrons. The highest BCUT2D eigenvalue weighted by molar-refractivity contribution is 7.92. The van der Waals surface area contributed by atoms with E-state index >= 15 is 0 Å². The van der Waals surface area contributed by atoms with Crippen molar-refractivity contribution in [2.75, 3.05) is 4.31 Å². The Hall–Kier alpha value is -2.83. The summed E-state index contributed by atoms with van der Waals surface area (Å²) in [4.78, 5) is 11.2. The molecular weight excluding hydrogens is 398 g/mol. The van der Waals surface area contributed by atoms with E-state index in [1.807, 2.05) is 6.92 Å². The van der Waals surface area contributed by atoms with Crippen molar-refractivity contribution >= 4 is 33.3 Å². The fraction of sp³-hybridized carbons (Fsp3) is 0.0952. The lowest BCUT2D eigenvalue weighted by Crippen LogP contribution is -2.31. The minimum Gasteiger partial charge on any atom is -0.478 e. The van der Waals surface area contributed by atoms with Crippen LogP contribution in [-0.4, -0.2) is 19.5 Å². The minimum atomic E-state index is -3.86. The molecule has 0 heterocycles. The van der Waals surface area contributed by atoms with Gasteiger partial charge in [-0.3, -0.25) is 4.31 Å². The number of anilines is 1. The van der Waals surface area contributed by atoms with Gasteiger partial charge in [-0.05, 0) is 54.4 Å². The van der Waals surface area contributed by atoms with E-state index in [1.54, 1.807) is 48.5 Å². The van der Waals surface area contributed by atoms with E-state index in [1.165, 1.54) is 28.6 Å². The molecule has 0 aromatic heterocycles. The Morgan fingerprint density at radius 1 is 1.00 bits per heavy atom. The summed E-state index contributed by atoms with van der Waals surface area (Å²) in [6.07, 6.45) is 0. The van der Waals surface area contributed by atoms with Crippen molar-refractivity contribution in [1.82, 2.24) is 0 Å². The number of benzene rings is 3. The normalized spacial score (nSPS) is 11.2. The molecule has 0 amide bonds. The topological polar surface area (TPSA) is 74.7 Å². The standard InChI is InChI=1S/C21H18ClNO4S/c1-15-7-12-18(22)13-20(15)23(28(26,27)19-5-3-2-4-6-19)14-16-8-10-17(11-9-16)21(24)25/h2-13H,14H2,1H3,(H,24,25). The second-order valence-corrected chi connectivity index (χ2v) is 8.56. The van der Waals surface area contributed by atoms with Crippen molar-refractivity contribution in [3.63, 3.8) is 0 Å². The minimum absolute atomic E-state index is 0.0400. The lowest BCUT2D eigenvalue weighted by Gasteiger charge is -2.26. The van der Waals surface area contributed by atoms with Crippen molar-refractivity contribution in [3.8, 4) is 0 Å². The van der Waals surface area contributed by atoms with Gasteiger partial charge >= 0.3 is 5.97 Å². The molecule has 144 valence electrons. The number of nitrogens with zero attached hydrogens (tertiary/aromatic N) is 1. The van der Waals surface area contributed by atoms with E-state index in [2.05, 4.69) is 0 Å². The molecule has 7 heteroatoms. The van der Waals surface area contributed by atoms with Crippen LogP contribution in [0.1, 0.15) is 21.5 Å². The molecule has 0 aliphatic carbocycles. The third-order valence-corrected chi connectivity index (χ3v) is 6.31. The number of carboxylic acid groups (broad SMARTS) is 1. The summed E-state index contributed by atoms with van der Waals surface area (Å²) in [6, 6.07) is 19.4. The second kappa shape index (κ2) is 8.04. The quantitative estimate of drug-likeness (QED) is 0.630. The van der Waals surface area contributed by atoms with Gasteiger partial charge in [0, 0.05) is 5.02 Å². The summed E-state index contributed by atoms with van der Waals surface area (Å²) >= 11 is 6.13. The third kappa shape index (κ3) is 4.18. The first kappa shape index (κ1) is 19.9. The van der Waals surface area contributed by atoms with Gasteiger partial charge in [-0.15, -0.1) is 0 Å². The van der Waals surface area contributed by atoms with Crippen LogP contribution >= 0.6 is 11.6 Å². The predicted molar refractivity (Wildman–Crippen MR) is 109 cm³/mol. The van der Waals surface area contributed by atoms with Crippen molar-refractivity contribution in [1.29, 1.82) is 0 Å². The smallest absolute Gasteiger partial charge is 0.335 e. The Kier molecular flexibility index (Phi) is 5.72. The molecule has 28 heavy (non-hydrogen) atoms. The molecule has 3 rings (SSSR count). The summed E-state index contributed by atoms with van der Waals surface area (Å²) in [6.45, 7) is 1.85. The van der Waals surface area contributed by atoms with E-state index in [0.29, 0.717) is 16.3 Å². The van der Waals surface area contributed by atoms with Crippen LogP contribution in [0.25, 0.3) is 0 Å². The van der Waals surface area contributed by atoms with Gasteiger partial charge < -0.3 is 5.11 Å². The monoisotopic (exact) mass is 415 g/mol. The zero-order chi connectivity index (χ0) is 20.3. The Morgan fingerprint density at radius 2 is 1.64 bits per heavy atom. The van der Waals surface area contributed by atoms with Crippen LogP contribution in [0.2, 0.25) is 5.02 Å². The zero-order valence-electron chi connectivity index (χ0n) is 15.0. The largest absolute Gasteiger partial charge is 0.478 e. The lowest BCUT2D eigenvalue weighted by atomic mass is 10.1. The van der Waals surface area contributed by atoms with Gasteiger partial charge in [0.25, 0.3) is 10.0 Å². The molecule has 5 nitrogen and oxygen atoms in total. The summed E-state index contributed by atoms with van der Waals surface area (Å²) in [5, 5.41) is 9.49. The lowest BCUT2D eigenvalue weighted by molar-refractivity contribution is 0.0697. The Labute approximate surface area is 168 Å². The van der Waals surface area contributed by atoms with E-state index < -0.39 is 16.0 Å². The highest BCUT2D eigenvalue weighted by Gasteiger charge is 2.26.